The third kappa shape index (κ3) is 3.96. The molecule has 0 amide bonds. The Kier molecular flexibility index (Phi) is 5.43. The van der Waals surface area contributed by atoms with Crippen LogP contribution < -0.4 is 5.32 Å². The number of aromatic amines is 1. The number of imidazole rings is 1. The van der Waals surface area contributed by atoms with E-state index >= 15 is 0 Å². The number of aromatic nitrogens is 3. The van der Waals surface area contributed by atoms with Crippen LogP contribution in [0.5, 0.6) is 0 Å². The highest BCUT2D eigenvalue weighted by molar-refractivity contribution is 9.10. The van der Waals surface area contributed by atoms with Crippen molar-refractivity contribution in [1.29, 1.82) is 0 Å². The second-order valence-electron chi connectivity index (χ2n) is 4.74. The molecule has 20 heavy (non-hydrogen) atoms. The first-order chi connectivity index (χ1) is 9.60. The van der Waals surface area contributed by atoms with Crippen LogP contribution in [0.15, 0.2) is 16.9 Å². The van der Waals surface area contributed by atoms with Crippen molar-refractivity contribution in [3.8, 4) is 0 Å². The SMILES string of the molecule is CCCCc1nc(Cl)c(CNc2cnc(Br)c(C)c2)[nH]1. The van der Waals surface area contributed by atoms with Gasteiger partial charge < -0.3 is 10.3 Å². The minimum absolute atomic E-state index is 0.547. The maximum absolute atomic E-state index is 6.14. The molecule has 108 valence electrons. The van der Waals surface area contributed by atoms with Crippen LogP contribution in [-0.2, 0) is 13.0 Å². The number of anilines is 1. The predicted octanol–water partition coefficient (Wildman–Crippen LogP) is 4.48. The van der Waals surface area contributed by atoms with Gasteiger partial charge in [-0.25, -0.2) is 9.97 Å². The van der Waals surface area contributed by atoms with Crippen molar-refractivity contribution in [3.63, 3.8) is 0 Å². The van der Waals surface area contributed by atoms with Gasteiger partial charge in [-0.05, 0) is 40.9 Å². The Hall–Kier alpha value is -1.07. The van der Waals surface area contributed by atoms with Gasteiger partial charge in [-0.3, -0.25) is 0 Å². The summed E-state index contributed by atoms with van der Waals surface area (Å²) in [6.07, 6.45) is 5.00. The first-order valence-corrected chi connectivity index (χ1v) is 7.86. The quantitative estimate of drug-likeness (QED) is 0.749. The molecule has 0 aliphatic carbocycles. The van der Waals surface area contributed by atoms with Crippen LogP contribution in [0.4, 0.5) is 5.69 Å². The van der Waals surface area contributed by atoms with E-state index in [0.717, 1.165) is 46.6 Å². The zero-order valence-corrected chi connectivity index (χ0v) is 14.0. The van der Waals surface area contributed by atoms with Crippen LogP contribution in [0.2, 0.25) is 5.15 Å². The van der Waals surface area contributed by atoms with E-state index < -0.39 is 0 Å². The smallest absolute Gasteiger partial charge is 0.152 e. The van der Waals surface area contributed by atoms with Crippen molar-refractivity contribution >= 4 is 33.2 Å². The molecular weight excluding hydrogens is 340 g/mol. The zero-order chi connectivity index (χ0) is 14.5. The highest BCUT2D eigenvalue weighted by atomic mass is 79.9. The monoisotopic (exact) mass is 356 g/mol. The van der Waals surface area contributed by atoms with Crippen LogP contribution in [0.25, 0.3) is 0 Å². The Labute approximate surface area is 132 Å². The molecule has 0 unspecified atom stereocenters. The summed E-state index contributed by atoms with van der Waals surface area (Å²) in [5.74, 6) is 0.957. The lowest BCUT2D eigenvalue weighted by molar-refractivity contribution is 0.760. The van der Waals surface area contributed by atoms with Crippen LogP contribution >= 0.6 is 27.5 Å². The molecule has 0 saturated heterocycles. The number of rotatable bonds is 6. The first kappa shape index (κ1) is 15.3. The number of pyridine rings is 1. The van der Waals surface area contributed by atoms with Crippen LogP contribution in [0, 0.1) is 6.92 Å². The van der Waals surface area contributed by atoms with Crippen molar-refractivity contribution < 1.29 is 0 Å². The Balaban J connectivity index is 1.99. The summed E-state index contributed by atoms with van der Waals surface area (Å²) >= 11 is 9.53. The number of H-pyrrole nitrogens is 1. The van der Waals surface area contributed by atoms with Crippen molar-refractivity contribution in [3.05, 3.63) is 39.1 Å². The molecule has 0 fully saturated rings. The Bertz CT molecular complexity index is 583. The minimum atomic E-state index is 0.547. The predicted molar refractivity (Wildman–Crippen MR) is 86.2 cm³/mol. The Morgan fingerprint density at radius 3 is 2.95 bits per heavy atom. The van der Waals surface area contributed by atoms with Gasteiger partial charge in [0.25, 0.3) is 0 Å². The van der Waals surface area contributed by atoms with Crippen molar-refractivity contribution in [2.75, 3.05) is 5.32 Å². The lowest BCUT2D eigenvalue weighted by atomic mass is 10.2. The fraction of sp³-hybridized carbons (Fsp3) is 0.429. The molecule has 0 aliphatic rings. The molecule has 2 rings (SSSR count). The van der Waals surface area contributed by atoms with E-state index in [1.54, 1.807) is 6.20 Å². The molecule has 0 saturated carbocycles. The maximum atomic E-state index is 6.14. The summed E-state index contributed by atoms with van der Waals surface area (Å²) in [7, 11) is 0. The van der Waals surface area contributed by atoms with Crippen LogP contribution in [0.1, 0.15) is 36.8 Å². The molecule has 0 atom stereocenters. The summed E-state index contributed by atoms with van der Waals surface area (Å²) < 4.78 is 0.865. The van der Waals surface area contributed by atoms with Gasteiger partial charge in [0.15, 0.2) is 5.15 Å². The molecule has 0 aromatic carbocycles. The highest BCUT2D eigenvalue weighted by Crippen LogP contribution is 2.19. The largest absolute Gasteiger partial charge is 0.378 e. The highest BCUT2D eigenvalue weighted by Gasteiger charge is 2.08. The fourth-order valence-corrected chi connectivity index (χ4v) is 2.30. The lowest BCUT2D eigenvalue weighted by Gasteiger charge is -2.06. The molecule has 2 aromatic rings. The second kappa shape index (κ2) is 7.09. The van der Waals surface area contributed by atoms with E-state index in [9.17, 15) is 0 Å². The number of unbranched alkanes of at least 4 members (excludes halogenated alkanes) is 1. The molecule has 2 N–H and O–H groups in total. The van der Waals surface area contributed by atoms with Gasteiger partial charge in [0.2, 0.25) is 0 Å². The van der Waals surface area contributed by atoms with E-state index in [-0.39, 0.29) is 0 Å². The summed E-state index contributed by atoms with van der Waals surface area (Å²) in [6.45, 7) is 4.78. The third-order valence-electron chi connectivity index (χ3n) is 3.03. The van der Waals surface area contributed by atoms with Gasteiger partial charge in [-0.2, -0.15) is 0 Å². The Morgan fingerprint density at radius 1 is 1.45 bits per heavy atom. The third-order valence-corrected chi connectivity index (χ3v) is 4.17. The second-order valence-corrected chi connectivity index (χ2v) is 5.85. The van der Waals surface area contributed by atoms with Crippen LogP contribution in [0.3, 0.4) is 0 Å². The summed E-state index contributed by atoms with van der Waals surface area (Å²) in [4.78, 5) is 11.9. The lowest BCUT2D eigenvalue weighted by Crippen LogP contribution is -2.01. The van der Waals surface area contributed by atoms with Crippen molar-refractivity contribution in [2.24, 2.45) is 0 Å². The molecule has 4 nitrogen and oxygen atoms in total. The number of hydrogen-bond acceptors (Lipinski definition) is 3. The van der Waals surface area contributed by atoms with Gasteiger partial charge in [-0.1, -0.05) is 24.9 Å². The molecule has 2 heterocycles. The topological polar surface area (TPSA) is 53.6 Å². The van der Waals surface area contributed by atoms with E-state index in [1.807, 2.05) is 13.0 Å². The molecule has 0 aliphatic heterocycles. The molecule has 0 radical (unpaired) electrons. The average molecular weight is 358 g/mol. The van der Waals surface area contributed by atoms with E-state index in [4.69, 9.17) is 11.6 Å². The van der Waals surface area contributed by atoms with Gasteiger partial charge in [0.1, 0.15) is 10.4 Å². The molecule has 0 bridgehead atoms. The normalized spacial score (nSPS) is 10.8. The van der Waals surface area contributed by atoms with Gasteiger partial charge >= 0.3 is 0 Å². The van der Waals surface area contributed by atoms with Crippen LogP contribution in [-0.4, -0.2) is 15.0 Å². The maximum Gasteiger partial charge on any atom is 0.152 e. The van der Waals surface area contributed by atoms with Gasteiger partial charge in [0, 0.05) is 6.42 Å². The van der Waals surface area contributed by atoms with Gasteiger partial charge in [0.05, 0.1) is 24.1 Å². The van der Waals surface area contributed by atoms with Crippen molar-refractivity contribution in [2.45, 2.75) is 39.7 Å². The number of nitrogens with one attached hydrogen (secondary N) is 2. The average Bonchev–Trinajstić information content (AvgIpc) is 2.78. The van der Waals surface area contributed by atoms with E-state index in [0.29, 0.717) is 11.7 Å². The summed E-state index contributed by atoms with van der Waals surface area (Å²) in [5, 5.41) is 3.85. The molecule has 6 heteroatoms. The van der Waals surface area contributed by atoms with Crippen molar-refractivity contribution in [1.82, 2.24) is 15.0 Å². The molecule has 2 aromatic heterocycles. The number of nitrogens with zero attached hydrogens (tertiary/aromatic N) is 2. The number of aryl methyl sites for hydroxylation is 2. The Morgan fingerprint density at radius 2 is 2.25 bits per heavy atom. The minimum Gasteiger partial charge on any atom is -0.378 e. The number of halogens is 2. The van der Waals surface area contributed by atoms with E-state index in [2.05, 4.69) is 43.1 Å². The zero-order valence-electron chi connectivity index (χ0n) is 11.6. The molecular formula is C14H18BrClN4. The molecule has 0 spiro atoms. The standard InChI is InChI=1S/C14H18BrClN4/c1-3-4-5-12-19-11(14(16)20-12)8-17-10-6-9(2)13(15)18-7-10/h6-7,17H,3-5,8H2,1-2H3,(H,19,20). The number of hydrogen-bond donors (Lipinski definition) is 2. The van der Waals surface area contributed by atoms with E-state index in [1.165, 1.54) is 0 Å². The summed E-state index contributed by atoms with van der Waals surface area (Å²) in [5.41, 5.74) is 2.97. The summed E-state index contributed by atoms with van der Waals surface area (Å²) in [6, 6.07) is 2.04. The van der Waals surface area contributed by atoms with Gasteiger partial charge in [-0.15, -0.1) is 0 Å². The fourth-order valence-electron chi connectivity index (χ4n) is 1.86. The first-order valence-electron chi connectivity index (χ1n) is 6.69.